The van der Waals surface area contributed by atoms with E-state index in [1.165, 1.54) is 26.7 Å². The summed E-state index contributed by atoms with van der Waals surface area (Å²) >= 11 is 1.83. The predicted octanol–water partition coefficient (Wildman–Crippen LogP) is 7.69. The average molecular weight is 515 g/mol. The van der Waals surface area contributed by atoms with Crippen molar-refractivity contribution in [3.63, 3.8) is 0 Å². The molecule has 5 heteroatoms. The van der Waals surface area contributed by atoms with Crippen LogP contribution in [0.4, 0.5) is 11.4 Å². The highest BCUT2D eigenvalue weighted by atomic mass is 32.2. The SMILES string of the molecule is CCC(CCN1c2ccccc2Sc2cc(C(=N)N(CC)CC)ccc21)N(CC)CCc1ccccc1. The lowest BCUT2D eigenvalue weighted by atomic mass is 10.1. The summed E-state index contributed by atoms with van der Waals surface area (Å²) in [6.45, 7) is 13.7. The molecular weight excluding hydrogens is 472 g/mol. The Kier molecular flexibility index (Phi) is 9.70. The highest BCUT2D eigenvalue weighted by Gasteiger charge is 2.26. The highest BCUT2D eigenvalue weighted by molar-refractivity contribution is 7.99. The first-order valence-corrected chi connectivity index (χ1v) is 14.7. The first-order valence-electron chi connectivity index (χ1n) is 13.9. The molecule has 0 fully saturated rings. The maximum atomic E-state index is 8.73. The summed E-state index contributed by atoms with van der Waals surface area (Å²) in [5.41, 5.74) is 4.98. The smallest absolute Gasteiger partial charge is 0.128 e. The maximum absolute atomic E-state index is 8.73. The first kappa shape index (κ1) is 27.3. The van der Waals surface area contributed by atoms with Crippen LogP contribution in [0.15, 0.2) is 82.6 Å². The van der Waals surface area contributed by atoms with Gasteiger partial charge in [-0.3, -0.25) is 5.41 Å². The van der Waals surface area contributed by atoms with Crippen LogP contribution in [-0.4, -0.2) is 54.4 Å². The zero-order chi connectivity index (χ0) is 26.2. The lowest BCUT2D eigenvalue weighted by Gasteiger charge is -2.36. The first-order chi connectivity index (χ1) is 18.1. The van der Waals surface area contributed by atoms with Crippen LogP contribution in [-0.2, 0) is 6.42 Å². The summed E-state index contributed by atoms with van der Waals surface area (Å²) in [5.74, 6) is 0.613. The third kappa shape index (κ3) is 6.39. The van der Waals surface area contributed by atoms with Crippen LogP contribution in [0.2, 0.25) is 0 Å². The van der Waals surface area contributed by atoms with E-state index in [2.05, 4.69) is 115 Å². The fraction of sp³-hybridized carbons (Fsp3) is 0.406. The molecule has 37 heavy (non-hydrogen) atoms. The molecule has 1 atom stereocenters. The Balaban J connectivity index is 1.53. The molecule has 1 unspecified atom stereocenters. The molecule has 0 saturated carbocycles. The minimum Gasteiger partial charge on any atom is -0.357 e. The van der Waals surface area contributed by atoms with Gasteiger partial charge in [0.05, 0.1) is 11.4 Å². The van der Waals surface area contributed by atoms with Gasteiger partial charge < -0.3 is 14.7 Å². The van der Waals surface area contributed by atoms with Gasteiger partial charge in [0, 0.05) is 47.6 Å². The number of nitrogens with one attached hydrogen (secondary N) is 1. The number of amidine groups is 1. The van der Waals surface area contributed by atoms with Crippen molar-refractivity contribution in [2.24, 2.45) is 0 Å². The Morgan fingerprint density at radius 1 is 0.838 bits per heavy atom. The van der Waals surface area contributed by atoms with E-state index in [0.717, 1.165) is 57.5 Å². The van der Waals surface area contributed by atoms with Crippen molar-refractivity contribution in [3.05, 3.63) is 83.9 Å². The van der Waals surface area contributed by atoms with Crippen molar-refractivity contribution >= 4 is 29.0 Å². The summed E-state index contributed by atoms with van der Waals surface area (Å²) in [6.07, 6.45) is 3.37. The standard InChI is InChI=1S/C32H42N4S/c1-5-27(35(8-4)22-20-25-14-10-9-11-15-25)21-23-36-28-16-12-13-17-30(28)37-31-24-26(18-19-29(31)36)32(33)34(6-2)7-3/h9-19,24,27,33H,5-8,20-23H2,1-4H3. The van der Waals surface area contributed by atoms with Gasteiger partial charge in [0.25, 0.3) is 0 Å². The molecule has 196 valence electrons. The lowest BCUT2D eigenvalue weighted by Crippen LogP contribution is -2.39. The average Bonchev–Trinajstić information content (AvgIpc) is 2.94. The number of hydrogen-bond donors (Lipinski definition) is 1. The van der Waals surface area contributed by atoms with Crippen LogP contribution in [0.25, 0.3) is 0 Å². The van der Waals surface area contributed by atoms with E-state index in [4.69, 9.17) is 5.41 Å². The Labute approximate surface area is 228 Å². The van der Waals surface area contributed by atoms with E-state index >= 15 is 0 Å². The monoisotopic (exact) mass is 514 g/mol. The zero-order valence-electron chi connectivity index (χ0n) is 22.9. The molecule has 4 rings (SSSR count). The van der Waals surface area contributed by atoms with E-state index in [-0.39, 0.29) is 0 Å². The van der Waals surface area contributed by atoms with Gasteiger partial charge in [-0.05, 0) is 75.5 Å². The molecule has 3 aromatic rings. The summed E-state index contributed by atoms with van der Waals surface area (Å²) in [5, 5.41) is 8.73. The number of rotatable bonds is 12. The molecule has 4 nitrogen and oxygen atoms in total. The van der Waals surface area contributed by atoms with Crippen LogP contribution in [0, 0.1) is 5.41 Å². The van der Waals surface area contributed by atoms with Crippen molar-refractivity contribution in [2.75, 3.05) is 37.6 Å². The van der Waals surface area contributed by atoms with E-state index in [9.17, 15) is 0 Å². The normalized spacial score (nSPS) is 13.3. The van der Waals surface area contributed by atoms with Gasteiger partial charge in [-0.25, -0.2) is 0 Å². The number of hydrogen-bond acceptors (Lipinski definition) is 4. The number of para-hydroxylation sites is 1. The van der Waals surface area contributed by atoms with Crippen molar-refractivity contribution < 1.29 is 0 Å². The Morgan fingerprint density at radius 3 is 2.24 bits per heavy atom. The van der Waals surface area contributed by atoms with Crippen LogP contribution >= 0.6 is 11.8 Å². The molecule has 0 aliphatic carbocycles. The largest absolute Gasteiger partial charge is 0.357 e. The molecule has 1 heterocycles. The molecular formula is C32H42N4S. The Morgan fingerprint density at radius 2 is 1.54 bits per heavy atom. The van der Waals surface area contributed by atoms with Gasteiger partial charge in [-0.15, -0.1) is 0 Å². The third-order valence-electron chi connectivity index (χ3n) is 7.59. The second-order valence-corrected chi connectivity index (χ2v) is 10.7. The fourth-order valence-electron chi connectivity index (χ4n) is 5.38. The molecule has 1 N–H and O–H groups in total. The second-order valence-electron chi connectivity index (χ2n) is 9.64. The number of nitrogens with zero attached hydrogens (tertiary/aromatic N) is 3. The summed E-state index contributed by atoms with van der Waals surface area (Å²) in [4.78, 5) is 9.83. The van der Waals surface area contributed by atoms with Crippen LogP contribution in [0.5, 0.6) is 0 Å². The Bertz CT molecular complexity index is 1160. The van der Waals surface area contributed by atoms with Gasteiger partial charge in [-0.2, -0.15) is 0 Å². The predicted molar refractivity (Wildman–Crippen MR) is 160 cm³/mol. The zero-order valence-corrected chi connectivity index (χ0v) is 23.7. The minimum absolute atomic E-state index is 0.550. The lowest BCUT2D eigenvalue weighted by molar-refractivity contribution is 0.195. The molecule has 0 amide bonds. The topological polar surface area (TPSA) is 33.6 Å². The van der Waals surface area contributed by atoms with Crippen molar-refractivity contribution in [2.45, 2.75) is 62.8 Å². The molecule has 0 radical (unpaired) electrons. The molecule has 0 saturated heterocycles. The maximum Gasteiger partial charge on any atom is 0.128 e. The summed E-state index contributed by atoms with van der Waals surface area (Å²) in [7, 11) is 0. The third-order valence-corrected chi connectivity index (χ3v) is 8.70. The Hall–Kier alpha value is -2.76. The van der Waals surface area contributed by atoms with Crippen molar-refractivity contribution in [3.8, 4) is 0 Å². The van der Waals surface area contributed by atoms with E-state index in [0.29, 0.717) is 11.9 Å². The van der Waals surface area contributed by atoms with Gasteiger partial charge in [0.2, 0.25) is 0 Å². The highest BCUT2D eigenvalue weighted by Crippen LogP contribution is 2.48. The van der Waals surface area contributed by atoms with Gasteiger partial charge in [0.15, 0.2) is 0 Å². The van der Waals surface area contributed by atoms with Gasteiger partial charge >= 0.3 is 0 Å². The number of fused-ring (bicyclic) bond motifs is 2. The van der Waals surface area contributed by atoms with E-state index in [1.54, 1.807) is 0 Å². The summed E-state index contributed by atoms with van der Waals surface area (Å²) < 4.78 is 0. The molecule has 0 aromatic heterocycles. The number of likely N-dealkylation sites (N-methyl/N-ethyl adjacent to an activating group) is 1. The van der Waals surface area contributed by atoms with E-state index < -0.39 is 0 Å². The quantitative estimate of drug-likeness (QED) is 0.198. The van der Waals surface area contributed by atoms with Crippen molar-refractivity contribution in [1.82, 2.24) is 9.80 Å². The van der Waals surface area contributed by atoms with E-state index in [1.807, 2.05) is 11.8 Å². The van der Waals surface area contributed by atoms with Crippen LogP contribution in [0.1, 0.15) is 51.7 Å². The summed E-state index contributed by atoms with van der Waals surface area (Å²) in [6, 6.07) is 26.8. The second kappa shape index (κ2) is 13.2. The number of anilines is 2. The van der Waals surface area contributed by atoms with Crippen molar-refractivity contribution in [1.29, 1.82) is 5.41 Å². The molecule has 0 bridgehead atoms. The minimum atomic E-state index is 0.550. The van der Waals surface area contributed by atoms with Crippen LogP contribution in [0.3, 0.4) is 0 Å². The molecule has 1 aliphatic rings. The van der Waals surface area contributed by atoms with Gasteiger partial charge in [-0.1, -0.05) is 68.1 Å². The number of benzene rings is 3. The molecule has 3 aromatic carbocycles. The van der Waals surface area contributed by atoms with Gasteiger partial charge in [0.1, 0.15) is 5.84 Å². The molecule has 1 aliphatic heterocycles. The van der Waals surface area contributed by atoms with Crippen LogP contribution < -0.4 is 4.90 Å². The fourth-order valence-corrected chi connectivity index (χ4v) is 6.52. The molecule has 0 spiro atoms.